The Bertz CT molecular complexity index is 622. The van der Waals surface area contributed by atoms with E-state index in [0.717, 1.165) is 17.9 Å². The molecule has 0 aromatic heterocycles. The van der Waals surface area contributed by atoms with Crippen molar-refractivity contribution >= 4 is 27.7 Å². The summed E-state index contributed by atoms with van der Waals surface area (Å²) in [5.41, 5.74) is 2.56. The molecule has 2 aromatic rings. The summed E-state index contributed by atoms with van der Waals surface area (Å²) in [6, 6.07) is 14.9. The zero-order valence-corrected chi connectivity index (χ0v) is 14.1. The van der Waals surface area contributed by atoms with E-state index in [1.54, 1.807) is 0 Å². The molecule has 1 aliphatic heterocycles. The first-order valence-corrected chi connectivity index (χ1v) is 8.49. The summed E-state index contributed by atoms with van der Waals surface area (Å²) in [5.74, 6) is 2.01. The van der Waals surface area contributed by atoms with Gasteiger partial charge in [0.1, 0.15) is 11.4 Å². The second kappa shape index (κ2) is 5.45. The van der Waals surface area contributed by atoms with Gasteiger partial charge in [-0.3, -0.25) is 0 Å². The Morgan fingerprint density at radius 2 is 1.95 bits per heavy atom. The molecule has 0 amide bonds. The standard InChI is InChI=1S/C17H17BrOS/c1-17(2)10-13-8-14(18)16(9-15(13)19-17)20-11-12-6-4-3-5-7-12/h3-9H,10-11H2,1-2H3. The summed E-state index contributed by atoms with van der Waals surface area (Å²) >= 11 is 5.52. The number of benzene rings is 2. The van der Waals surface area contributed by atoms with Gasteiger partial charge >= 0.3 is 0 Å². The van der Waals surface area contributed by atoms with Crippen LogP contribution in [-0.4, -0.2) is 5.60 Å². The first-order chi connectivity index (χ1) is 9.53. The molecule has 0 atom stereocenters. The highest BCUT2D eigenvalue weighted by Crippen LogP contribution is 2.41. The van der Waals surface area contributed by atoms with E-state index in [4.69, 9.17) is 4.74 Å². The van der Waals surface area contributed by atoms with E-state index in [2.05, 4.69) is 72.2 Å². The van der Waals surface area contributed by atoms with Crippen molar-refractivity contribution in [2.75, 3.05) is 0 Å². The third-order valence-corrected chi connectivity index (χ3v) is 5.40. The average Bonchev–Trinajstić information content (AvgIpc) is 2.70. The molecule has 0 radical (unpaired) electrons. The minimum Gasteiger partial charge on any atom is -0.487 e. The van der Waals surface area contributed by atoms with E-state index in [9.17, 15) is 0 Å². The van der Waals surface area contributed by atoms with Crippen LogP contribution in [0.25, 0.3) is 0 Å². The van der Waals surface area contributed by atoms with Crippen LogP contribution in [0.3, 0.4) is 0 Å². The Balaban J connectivity index is 1.78. The topological polar surface area (TPSA) is 9.23 Å². The zero-order chi connectivity index (χ0) is 14.2. The molecule has 104 valence electrons. The van der Waals surface area contributed by atoms with E-state index in [0.29, 0.717) is 0 Å². The predicted octanol–water partition coefficient (Wildman–Crippen LogP) is 5.45. The van der Waals surface area contributed by atoms with Crippen molar-refractivity contribution < 1.29 is 4.74 Å². The highest BCUT2D eigenvalue weighted by atomic mass is 79.9. The van der Waals surface area contributed by atoms with Gasteiger partial charge in [-0.1, -0.05) is 30.3 Å². The second-order valence-electron chi connectivity index (χ2n) is 5.70. The van der Waals surface area contributed by atoms with Gasteiger partial charge in [0.15, 0.2) is 0 Å². The summed E-state index contributed by atoms with van der Waals surface area (Å²) in [5, 5.41) is 0. The summed E-state index contributed by atoms with van der Waals surface area (Å²) in [6.45, 7) is 4.27. The van der Waals surface area contributed by atoms with Gasteiger partial charge in [0, 0.05) is 21.5 Å². The van der Waals surface area contributed by atoms with Crippen molar-refractivity contribution in [1.29, 1.82) is 0 Å². The maximum Gasteiger partial charge on any atom is 0.124 e. The fourth-order valence-corrected chi connectivity index (χ4v) is 4.08. The lowest BCUT2D eigenvalue weighted by atomic mass is 10.0. The van der Waals surface area contributed by atoms with Crippen molar-refractivity contribution in [2.45, 2.75) is 36.5 Å². The lowest BCUT2D eigenvalue weighted by Crippen LogP contribution is -2.24. The van der Waals surface area contributed by atoms with Crippen molar-refractivity contribution in [2.24, 2.45) is 0 Å². The quantitative estimate of drug-likeness (QED) is 0.681. The molecule has 2 aromatic carbocycles. The van der Waals surface area contributed by atoms with E-state index < -0.39 is 0 Å². The fourth-order valence-electron chi connectivity index (χ4n) is 2.45. The van der Waals surface area contributed by atoms with Crippen molar-refractivity contribution in [3.05, 3.63) is 58.1 Å². The molecule has 1 nitrogen and oxygen atoms in total. The van der Waals surface area contributed by atoms with Crippen molar-refractivity contribution in [3.63, 3.8) is 0 Å². The van der Waals surface area contributed by atoms with Crippen LogP contribution >= 0.6 is 27.7 Å². The number of hydrogen-bond donors (Lipinski definition) is 0. The van der Waals surface area contributed by atoms with Gasteiger partial charge in [-0.25, -0.2) is 0 Å². The van der Waals surface area contributed by atoms with E-state index in [1.807, 2.05) is 11.8 Å². The maximum absolute atomic E-state index is 6.01. The van der Waals surface area contributed by atoms with Crippen LogP contribution in [-0.2, 0) is 12.2 Å². The molecule has 0 N–H and O–H groups in total. The third kappa shape index (κ3) is 3.04. The lowest BCUT2D eigenvalue weighted by Gasteiger charge is -2.16. The lowest BCUT2D eigenvalue weighted by molar-refractivity contribution is 0.138. The first kappa shape index (κ1) is 14.0. The molecule has 1 aliphatic rings. The molecule has 0 aliphatic carbocycles. The maximum atomic E-state index is 6.01. The summed E-state index contributed by atoms with van der Waals surface area (Å²) in [7, 11) is 0. The zero-order valence-electron chi connectivity index (χ0n) is 11.7. The molecule has 3 rings (SSSR count). The largest absolute Gasteiger partial charge is 0.487 e. The van der Waals surface area contributed by atoms with Gasteiger partial charge < -0.3 is 4.74 Å². The van der Waals surface area contributed by atoms with Crippen LogP contribution in [0.2, 0.25) is 0 Å². The Morgan fingerprint density at radius 3 is 2.70 bits per heavy atom. The molecule has 20 heavy (non-hydrogen) atoms. The van der Waals surface area contributed by atoms with E-state index >= 15 is 0 Å². The minimum atomic E-state index is -0.0789. The number of fused-ring (bicyclic) bond motifs is 1. The molecule has 0 bridgehead atoms. The minimum absolute atomic E-state index is 0.0789. The molecular weight excluding hydrogens is 332 g/mol. The highest BCUT2D eigenvalue weighted by Gasteiger charge is 2.30. The van der Waals surface area contributed by atoms with Crippen molar-refractivity contribution in [3.8, 4) is 5.75 Å². The molecule has 1 heterocycles. The van der Waals surface area contributed by atoms with Crippen LogP contribution in [0.1, 0.15) is 25.0 Å². The van der Waals surface area contributed by atoms with Crippen LogP contribution in [0.4, 0.5) is 0 Å². The third-order valence-electron chi connectivity index (χ3n) is 3.35. The van der Waals surface area contributed by atoms with Crippen LogP contribution in [0.15, 0.2) is 51.8 Å². The SMILES string of the molecule is CC1(C)Cc2cc(Br)c(SCc3ccccc3)cc2O1. The Kier molecular flexibility index (Phi) is 3.83. The van der Waals surface area contributed by atoms with Gasteiger partial charge in [0.25, 0.3) is 0 Å². The molecule has 0 saturated heterocycles. The monoisotopic (exact) mass is 348 g/mol. The Labute approximate surface area is 132 Å². The van der Waals surface area contributed by atoms with Gasteiger partial charge in [0.05, 0.1) is 0 Å². The number of rotatable bonds is 3. The molecular formula is C17H17BrOS. The van der Waals surface area contributed by atoms with Crippen LogP contribution in [0.5, 0.6) is 5.75 Å². The van der Waals surface area contributed by atoms with Crippen LogP contribution in [0, 0.1) is 0 Å². The van der Waals surface area contributed by atoms with E-state index in [-0.39, 0.29) is 5.60 Å². The molecule has 3 heteroatoms. The van der Waals surface area contributed by atoms with E-state index in [1.165, 1.54) is 20.5 Å². The number of thioether (sulfide) groups is 1. The van der Waals surface area contributed by atoms with Gasteiger partial charge in [-0.05, 0) is 53.0 Å². The van der Waals surface area contributed by atoms with Gasteiger partial charge in [0.2, 0.25) is 0 Å². The Morgan fingerprint density at radius 1 is 1.20 bits per heavy atom. The fraction of sp³-hybridized carbons (Fsp3) is 0.294. The van der Waals surface area contributed by atoms with Crippen LogP contribution < -0.4 is 4.74 Å². The summed E-state index contributed by atoms with van der Waals surface area (Å²) in [4.78, 5) is 1.24. The molecule has 0 saturated carbocycles. The first-order valence-electron chi connectivity index (χ1n) is 6.72. The average molecular weight is 349 g/mol. The summed E-state index contributed by atoms with van der Waals surface area (Å²) < 4.78 is 7.17. The normalized spacial score (nSPS) is 15.8. The molecule has 0 unspecified atom stereocenters. The number of ether oxygens (including phenoxy) is 1. The summed E-state index contributed by atoms with van der Waals surface area (Å²) in [6.07, 6.45) is 0.977. The number of halogens is 1. The molecule has 0 spiro atoms. The highest BCUT2D eigenvalue weighted by molar-refractivity contribution is 9.10. The second-order valence-corrected chi connectivity index (χ2v) is 7.57. The van der Waals surface area contributed by atoms with Gasteiger partial charge in [-0.2, -0.15) is 0 Å². The Hall–Kier alpha value is -0.930. The molecule has 0 fully saturated rings. The van der Waals surface area contributed by atoms with Gasteiger partial charge in [-0.15, -0.1) is 11.8 Å². The smallest absolute Gasteiger partial charge is 0.124 e. The number of hydrogen-bond acceptors (Lipinski definition) is 2. The predicted molar refractivity (Wildman–Crippen MR) is 88.6 cm³/mol. The van der Waals surface area contributed by atoms with Crippen molar-refractivity contribution in [1.82, 2.24) is 0 Å².